The Hall–Kier alpha value is -3.07. The van der Waals surface area contributed by atoms with Gasteiger partial charge in [0.1, 0.15) is 0 Å². The number of alkyl halides is 3. The normalized spacial score (nSPS) is 12.1. The smallest absolute Gasteiger partial charge is 0.320 e. The van der Waals surface area contributed by atoms with Gasteiger partial charge in [0.25, 0.3) is 11.6 Å². The summed E-state index contributed by atoms with van der Waals surface area (Å²) in [6, 6.07) is 17.1. The van der Waals surface area contributed by atoms with Crippen LogP contribution in [0.2, 0.25) is 0 Å². The molecule has 0 bridgehead atoms. The maximum absolute atomic E-state index is 12.5. The molecule has 0 fully saturated rings. The molecule has 3 aromatic rings. The molecule has 0 radical (unpaired) electrons. The molecule has 11 heteroatoms. The molecule has 3 rings (SSSR count). The summed E-state index contributed by atoms with van der Waals surface area (Å²) in [5.74, 6) is -0.773. The maximum Gasteiger partial charge on any atom is 0.320 e. The van der Waals surface area contributed by atoms with Crippen molar-refractivity contribution in [1.82, 2.24) is 10.6 Å². The Balaban J connectivity index is 1.75. The largest absolute Gasteiger partial charge is 0.328 e. The SMILES string of the molecule is O=C(Nc1cccc2ccccc12)NC(NC(=O)c1cccc([N+](=O)[O-])c1)C(Cl)(Cl)Cl. The molecule has 0 saturated heterocycles. The van der Waals surface area contributed by atoms with E-state index in [9.17, 15) is 19.7 Å². The van der Waals surface area contributed by atoms with Crippen molar-refractivity contribution in [3.8, 4) is 0 Å². The lowest BCUT2D eigenvalue weighted by molar-refractivity contribution is -0.384. The lowest BCUT2D eigenvalue weighted by Gasteiger charge is -2.26. The molecule has 0 saturated carbocycles. The number of amides is 3. The second-order valence-electron chi connectivity index (χ2n) is 6.38. The van der Waals surface area contributed by atoms with Crippen LogP contribution in [-0.2, 0) is 0 Å². The van der Waals surface area contributed by atoms with Gasteiger partial charge in [-0.05, 0) is 17.5 Å². The molecule has 0 aliphatic heterocycles. The molecule has 0 aliphatic carbocycles. The molecule has 0 aliphatic rings. The van der Waals surface area contributed by atoms with Crippen molar-refractivity contribution < 1.29 is 14.5 Å². The first-order valence-corrected chi connectivity index (χ1v) is 9.96. The van der Waals surface area contributed by atoms with Crippen molar-refractivity contribution >= 4 is 68.9 Å². The van der Waals surface area contributed by atoms with Gasteiger partial charge in [-0.3, -0.25) is 14.9 Å². The van der Waals surface area contributed by atoms with Crippen LogP contribution in [0.25, 0.3) is 10.8 Å². The molecule has 1 unspecified atom stereocenters. The number of hydrogen-bond donors (Lipinski definition) is 3. The number of anilines is 1. The Bertz CT molecular complexity index is 1150. The van der Waals surface area contributed by atoms with E-state index in [-0.39, 0.29) is 11.3 Å². The molecule has 31 heavy (non-hydrogen) atoms. The third-order valence-electron chi connectivity index (χ3n) is 4.24. The zero-order valence-electron chi connectivity index (χ0n) is 15.6. The highest BCUT2D eigenvalue weighted by Gasteiger charge is 2.35. The molecule has 3 N–H and O–H groups in total. The van der Waals surface area contributed by atoms with E-state index in [0.29, 0.717) is 5.69 Å². The summed E-state index contributed by atoms with van der Waals surface area (Å²) in [6.07, 6.45) is -1.43. The van der Waals surface area contributed by atoms with Crippen molar-refractivity contribution in [1.29, 1.82) is 0 Å². The van der Waals surface area contributed by atoms with Crippen LogP contribution in [0.1, 0.15) is 10.4 Å². The molecule has 8 nitrogen and oxygen atoms in total. The number of nitro benzene ring substituents is 1. The third-order valence-corrected chi connectivity index (χ3v) is 4.89. The molecule has 1 atom stereocenters. The molecule has 3 amide bonds. The topological polar surface area (TPSA) is 113 Å². The molecule has 160 valence electrons. The first kappa shape index (κ1) is 22.6. The van der Waals surface area contributed by atoms with Crippen LogP contribution in [0, 0.1) is 10.1 Å². The monoisotopic (exact) mass is 480 g/mol. The Morgan fingerprint density at radius 1 is 0.935 bits per heavy atom. The van der Waals surface area contributed by atoms with Gasteiger partial charge < -0.3 is 16.0 Å². The van der Waals surface area contributed by atoms with Crippen molar-refractivity contribution in [3.05, 3.63) is 82.4 Å². The fourth-order valence-corrected chi connectivity index (χ4v) is 3.13. The van der Waals surface area contributed by atoms with Crippen LogP contribution in [0.15, 0.2) is 66.7 Å². The standard InChI is InChI=1S/C20H15Cl3N4O4/c21-20(22,23)18(25-17(28)13-7-3-8-14(11-13)27(30)31)26-19(29)24-16-10-4-6-12-5-1-2-9-15(12)16/h1-11,18H,(H,25,28)(H2,24,26,29). The van der Waals surface area contributed by atoms with E-state index in [4.69, 9.17) is 34.8 Å². The van der Waals surface area contributed by atoms with E-state index in [2.05, 4.69) is 16.0 Å². The van der Waals surface area contributed by atoms with Crippen molar-refractivity contribution in [2.24, 2.45) is 0 Å². The number of halogens is 3. The van der Waals surface area contributed by atoms with Gasteiger partial charge in [0.15, 0.2) is 6.17 Å². The highest BCUT2D eigenvalue weighted by Crippen LogP contribution is 2.30. The number of carbonyl (C=O) groups excluding carboxylic acids is 2. The van der Waals surface area contributed by atoms with Crippen LogP contribution in [0.4, 0.5) is 16.2 Å². The van der Waals surface area contributed by atoms with Crippen LogP contribution < -0.4 is 16.0 Å². The van der Waals surface area contributed by atoms with Crippen LogP contribution in [-0.4, -0.2) is 26.8 Å². The highest BCUT2D eigenvalue weighted by molar-refractivity contribution is 6.68. The number of benzene rings is 3. The number of hydrogen-bond acceptors (Lipinski definition) is 4. The molecule has 3 aromatic carbocycles. The third kappa shape index (κ3) is 5.75. The number of urea groups is 1. The average Bonchev–Trinajstić information content (AvgIpc) is 2.73. The summed E-state index contributed by atoms with van der Waals surface area (Å²) in [5.41, 5.74) is 0.202. The fourth-order valence-electron chi connectivity index (χ4n) is 2.80. The van der Waals surface area contributed by atoms with Gasteiger partial charge in [0, 0.05) is 23.1 Å². The zero-order valence-corrected chi connectivity index (χ0v) is 17.9. The Morgan fingerprint density at radius 3 is 2.32 bits per heavy atom. The maximum atomic E-state index is 12.5. The summed E-state index contributed by atoms with van der Waals surface area (Å²) in [7, 11) is 0. The summed E-state index contributed by atoms with van der Waals surface area (Å²) < 4.78 is -2.10. The first-order valence-electron chi connectivity index (χ1n) is 8.82. The van der Waals surface area contributed by atoms with E-state index in [1.165, 1.54) is 18.2 Å². The number of nitrogens with one attached hydrogen (secondary N) is 3. The van der Waals surface area contributed by atoms with Gasteiger partial charge in [-0.15, -0.1) is 0 Å². The van der Waals surface area contributed by atoms with Crippen LogP contribution in [0.5, 0.6) is 0 Å². The van der Waals surface area contributed by atoms with E-state index in [1.54, 1.807) is 12.1 Å². The van der Waals surface area contributed by atoms with E-state index in [0.717, 1.165) is 16.8 Å². The van der Waals surface area contributed by atoms with Crippen LogP contribution in [0.3, 0.4) is 0 Å². The Labute approximate surface area is 191 Å². The van der Waals surface area contributed by atoms with Gasteiger partial charge in [-0.2, -0.15) is 0 Å². The Kier molecular flexibility index (Phi) is 6.84. The molecule has 0 aromatic heterocycles. The minimum absolute atomic E-state index is 0.0373. The number of non-ortho nitro benzene ring substituents is 1. The molecule has 0 spiro atoms. The molecular weight excluding hydrogens is 467 g/mol. The predicted octanol–water partition coefficient (Wildman–Crippen LogP) is 5.00. The van der Waals surface area contributed by atoms with Gasteiger partial charge in [0.05, 0.1) is 10.6 Å². The van der Waals surface area contributed by atoms with Crippen LogP contribution >= 0.6 is 34.8 Å². The minimum Gasteiger partial charge on any atom is -0.328 e. The van der Waals surface area contributed by atoms with Gasteiger partial charge >= 0.3 is 6.03 Å². The molecular formula is C20H15Cl3N4O4. The number of carbonyl (C=O) groups is 2. The van der Waals surface area contributed by atoms with E-state index < -0.39 is 26.8 Å². The number of nitrogens with zero attached hydrogens (tertiary/aromatic N) is 1. The fraction of sp³-hybridized carbons (Fsp3) is 0.100. The molecule has 0 heterocycles. The van der Waals surface area contributed by atoms with Crippen molar-refractivity contribution in [2.75, 3.05) is 5.32 Å². The summed E-state index contributed by atoms with van der Waals surface area (Å²) >= 11 is 17.8. The quantitative estimate of drug-likeness (QED) is 0.206. The summed E-state index contributed by atoms with van der Waals surface area (Å²) in [5, 5.41) is 20.0. The minimum atomic E-state index is -2.10. The Morgan fingerprint density at radius 2 is 1.61 bits per heavy atom. The van der Waals surface area contributed by atoms with E-state index in [1.807, 2.05) is 30.3 Å². The second-order valence-corrected chi connectivity index (χ2v) is 8.75. The lowest BCUT2D eigenvalue weighted by atomic mass is 10.1. The van der Waals surface area contributed by atoms with Gasteiger partial charge in [-0.25, -0.2) is 4.79 Å². The van der Waals surface area contributed by atoms with Gasteiger partial charge in [0.2, 0.25) is 3.79 Å². The average molecular weight is 482 g/mol. The van der Waals surface area contributed by atoms with E-state index >= 15 is 0 Å². The first-order chi connectivity index (χ1) is 14.6. The summed E-state index contributed by atoms with van der Waals surface area (Å²) in [4.78, 5) is 35.3. The highest BCUT2D eigenvalue weighted by atomic mass is 35.6. The predicted molar refractivity (Wildman–Crippen MR) is 121 cm³/mol. The second kappa shape index (κ2) is 9.38. The number of rotatable bonds is 5. The van der Waals surface area contributed by atoms with Crippen molar-refractivity contribution in [3.63, 3.8) is 0 Å². The van der Waals surface area contributed by atoms with Gasteiger partial charge in [-0.1, -0.05) is 77.3 Å². The number of fused-ring (bicyclic) bond motifs is 1. The lowest BCUT2D eigenvalue weighted by Crippen LogP contribution is -2.56. The van der Waals surface area contributed by atoms with Crippen molar-refractivity contribution in [2.45, 2.75) is 9.96 Å². The number of nitro groups is 1. The zero-order chi connectivity index (χ0) is 22.6. The summed E-state index contributed by atoms with van der Waals surface area (Å²) in [6.45, 7) is 0.